The van der Waals surface area contributed by atoms with E-state index in [1.807, 2.05) is 24.3 Å². The van der Waals surface area contributed by atoms with E-state index >= 15 is 0 Å². The fraction of sp³-hybridized carbons (Fsp3) is 0.286. The van der Waals surface area contributed by atoms with E-state index in [0.29, 0.717) is 17.4 Å². The molecule has 2 heterocycles. The molecule has 0 saturated heterocycles. The molecule has 6 heteroatoms. The van der Waals surface area contributed by atoms with E-state index in [2.05, 4.69) is 0 Å². The molecule has 1 aliphatic rings. The molecule has 0 aliphatic carbocycles. The minimum Gasteiger partial charge on any atom is -0.311 e. The summed E-state index contributed by atoms with van der Waals surface area (Å²) in [5.74, 6) is -0.143. The van der Waals surface area contributed by atoms with E-state index in [9.17, 15) is 14.4 Å². The minimum atomic E-state index is -0.445. The highest BCUT2D eigenvalue weighted by atomic mass is 16.2. The Balaban J connectivity index is 1.80. The van der Waals surface area contributed by atoms with Gasteiger partial charge < -0.3 is 4.90 Å². The average Bonchev–Trinajstić information content (AvgIpc) is 2.71. The summed E-state index contributed by atoms with van der Waals surface area (Å²) in [7, 11) is 0. The molecule has 0 bridgehead atoms. The third-order valence-corrected chi connectivity index (χ3v) is 5.15. The lowest BCUT2D eigenvalue weighted by molar-refractivity contribution is -0.119. The number of carbonyl (C=O) groups is 1. The van der Waals surface area contributed by atoms with E-state index in [1.54, 1.807) is 36.1 Å². The fourth-order valence-corrected chi connectivity index (χ4v) is 3.82. The third kappa shape index (κ3) is 2.87. The molecule has 0 atom stereocenters. The lowest BCUT2D eigenvalue weighted by Gasteiger charge is -2.29. The van der Waals surface area contributed by atoms with Crippen molar-refractivity contribution in [1.29, 1.82) is 0 Å². The van der Waals surface area contributed by atoms with E-state index < -0.39 is 5.69 Å². The van der Waals surface area contributed by atoms with E-state index in [0.717, 1.165) is 24.1 Å². The van der Waals surface area contributed by atoms with Crippen LogP contribution in [0.15, 0.2) is 58.1 Å². The lowest BCUT2D eigenvalue weighted by atomic mass is 10.0. The Morgan fingerprint density at radius 2 is 1.74 bits per heavy atom. The quantitative estimate of drug-likeness (QED) is 0.716. The number of anilines is 1. The van der Waals surface area contributed by atoms with Crippen LogP contribution in [0.25, 0.3) is 10.9 Å². The predicted octanol–water partition coefficient (Wildman–Crippen LogP) is 2.16. The molecule has 1 aliphatic heterocycles. The van der Waals surface area contributed by atoms with Crippen LogP contribution in [0, 0.1) is 0 Å². The molecule has 3 aromatic rings. The maximum absolute atomic E-state index is 13.1. The number of hydrogen-bond donors (Lipinski definition) is 0. The zero-order chi connectivity index (χ0) is 19.0. The van der Waals surface area contributed by atoms with Crippen molar-refractivity contribution in [3.05, 3.63) is 74.9 Å². The minimum absolute atomic E-state index is 0.0893. The van der Waals surface area contributed by atoms with Gasteiger partial charge in [0.25, 0.3) is 5.56 Å². The van der Waals surface area contributed by atoms with Crippen molar-refractivity contribution < 1.29 is 4.79 Å². The first kappa shape index (κ1) is 17.3. The van der Waals surface area contributed by atoms with Crippen LogP contribution in [0.1, 0.15) is 18.9 Å². The molecule has 27 heavy (non-hydrogen) atoms. The van der Waals surface area contributed by atoms with Crippen molar-refractivity contribution in [2.24, 2.45) is 0 Å². The molecule has 0 radical (unpaired) electrons. The highest BCUT2D eigenvalue weighted by molar-refractivity contribution is 5.95. The van der Waals surface area contributed by atoms with Crippen LogP contribution in [0.4, 0.5) is 5.69 Å². The fourth-order valence-electron chi connectivity index (χ4n) is 3.82. The van der Waals surface area contributed by atoms with Gasteiger partial charge in [0.15, 0.2) is 0 Å². The second kappa shape index (κ2) is 6.87. The smallest absolute Gasteiger partial charge is 0.311 e. The Morgan fingerprint density at radius 1 is 1.00 bits per heavy atom. The zero-order valence-electron chi connectivity index (χ0n) is 15.2. The van der Waals surface area contributed by atoms with Crippen LogP contribution >= 0.6 is 0 Å². The predicted molar refractivity (Wildman–Crippen MR) is 105 cm³/mol. The summed E-state index contributed by atoms with van der Waals surface area (Å²) in [6.07, 6.45) is 1.84. The van der Waals surface area contributed by atoms with Crippen molar-refractivity contribution in [2.45, 2.75) is 32.9 Å². The van der Waals surface area contributed by atoms with Crippen LogP contribution in [-0.2, 0) is 24.3 Å². The van der Waals surface area contributed by atoms with Gasteiger partial charge in [-0.2, -0.15) is 0 Å². The van der Waals surface area contributed by atoms with Gasteiger partial charge in [-0.3, -0.25) is 18.7 Å². The Hall–Kier alpha value is -3.15. The maximum Gasteiger partial charge on any atom is 0.331 e. The number of aryl methyl sites for hydroxylation is 1. The first-order chi connectivity index (χ1) is 13.1. The molecule has 0 saturated carbocycles. The van der Waals surface area contributed by atoms with Gasteiger partial charge in [0, 0.05) is 18.8 Å². The van der Waals surface area contributed by atoms with Crippen molar-refractivity contribution in [3.63, 3.8) is 0 Å². The number of carbonyl (C=O) groups excluding carboxylic acids is 1. The topological polar surface area (TPSA) is 64.3 Å². The Kier molecular flexibility index (Phi) is 4.39. The molecule has 1 amide bonds. The van der Waals surface area contributed by atoms with Gasteiger partial charge in [0.2, 0.25) is 5.91 Å². The molecular formula is C21H21N3O3. The number of rotatable bonds is 3. The van der Waals surface area contributed by atoms with Crippen molar-refractivity contribution in [2.75, 3.05) is 11.4 Å². The zero-order valence-corrected chi connectivity index (χ0v) is 15.2. The molecule has 138 valence electrons. The molecule has 6 nitrogen and oxygen atoms in total. The first-order valence-electron chi connectivity index (χ1n) is 9.22. The summed E-state index contributed by atoms with van der Waals surface area (Å²) >= 11 is 0. The molecular weight excluding hydrogens is 342 g/mol. The molecule has 4 rings (SSSR count). The van der Waals surface area contributed by atoms with Gasteiger partial charge in [-0.25, -0.2) is 4.79 Å². The number of nitrogens with zero attached hydrogens (tertiary/aromatic N) is 3. The van der Waals surface area contributed by atoms with Crippen molar-refractivity contribution in [3.8, 4) is 0 Å². The van der Waals surface area contributed by atoms with Crippen LogP contribution in [0.5, 0.6) is 0 Å². The summed E-state index contributed by atoms with van der Waals surface area (Å²) in [4.78, 5) is 40.2. The summed E-state index contributed by atoms with van der Waals surface area (Å²) in [5.41, 5.74) is 1.79. The van der Waals surface area contributed by atoms with Gasteiger partial charge >= 0.3 is 5.69 Å². The monoisotopic (exact) mass is 363 g/mol. The Bertz CT molecular complexity index is 1140. The number of benzene rings is 2. The maximum atomic E-state index is 13.1. The Morgan fingerprint density at radius 3 is 2.56 bits per heavy atom. The second-order valence-corrected chi connectivity index (χ2v) is 6.71. The highest BCUT2D eigenvalue weighted by Crippen LogP contribution is 2.27. The lowest BCUT2D eigenvalue weighted by Crippen LogP contribution is -2.44. The number of fused-ring (bicyclic) bond motifs is 2. The molecule has 0 fully saturated rings. The van der Waals surface area contributed by atoms with Gasteiger partial charge in [-0.15, -0.1) is 0 Å². The summed E-state index contributed by atoms with van der Waals surface area (Å²) < 4.78 is 2.60. The molecule has 1 aromatic heterocycles. The third-order valence-electron chi connectivity index (χ3n) is 5.15. The van der Waals surface area contributed by atoms with Gasteiger partial charge in [-0.05, 0) is 43.5 Å². The van der Waals surface area contributed by atoms with Gasteiger partial charge in [-0.1, -0.05) is 30.3 Å². The molecule has 0 spiro atoms. The van der Waals surface area contributed by atoms with Gasteiger partial charge in [0.05, 0.1) is 10.9 Å². The van der Waals surface area contributed by atoms with E-state index in [-0.39, 0.29) is 24.6 Å². The largest absolute Gasteiger partial charge is 0.331 e. The molecule has 2 aromatic carbocycles. The number of hydrogen-bond acceptors (Lipinski definition) is 3. The number of amides is 1. The number of para-hydroxylation sites is 2. The van der Waals surface area contributed by atoms with Crippen molar-refractivity contribution >= 4 is 22.5 Å². The summed E-state index contributed by atoms with van der Waals surface area (Å²) in [5, 5.41) is 0.450. The standard InChI is InChI=1S/C21H21N3O3/c1-2-22-20(26)16-10-4-6-12-18(16)24(21(22)27)14-19(25)23-13-7-9-15-8-3-5-11-17(15)23/h3-6,8,10-12H,2,7,9,13-14H2,1H3. The van der Waals surface area contributed by atoms with Crippen LogP contribution in [-0.4, -0.2) is 21.6 Å². The van der Waals surface area contributed by atoms with Crippen molar-refractivity contribution in [1.82, 2.24) is 9.13 Å². The van der Waals surface area contributed by atoms with Gasteiger partial charge in [0.1, 0.15) is 6.54 Å². The Labute approximate surface area is 156 Å². The highest BCUT2D eigenvalue weighted by Gasteiger charge is 2.23. The molecule has 0 unspecified atom stereocenters. The van der Waals surface area contributed by atoms with E-state index in [1.165, 1.54) is 9.13 Å². The average molecular weight is 363 g/mol. The summed E-state index contributed by atoms with van der Waals surface area (Å²) in [6.45, 7) is 2.57. The van der Waals surface area contributed by atoms with Crippen LogP contribution in [0.3, 0.4) is 0 Å². The normalized spacial score (nSPS) is 13.6. The van der Waals surface area contributed by atoms with Crippen LogP contribution < -0.4 is 16.1 Å². The van der Waals surface area contributed by atoms with Crippen LogP contribution in [0.2, 0.25) is 0 Å². The number of aromatic nitrogens is 2. The molecule has 0 N–H and O–H groups in total. The summed E-state index contributed by atoms with van der Waals surface area (Å²) in [6, 6.07) is 14.8. The SMILES string of the molecule is CCn1c(=O)c2ccccc2n(CC(=O)N2CCCc3ccccc32)c1=O. The van der Waals surface area contributed by atoms with E-state index in [4.69, 9.17) is 0 Å². The second-order valence-electron chi connectivity index (χ2n) is 6.71. The first-order valence-corrected chi connectivity index (χ1v) is 9.22.